The van der Waals surface area contributed by atoms with Crippen LogP contribution < -0.4 is 5.32 Å². The van der Waals surface area contributed by atoms with Crippen LogP contribution in [0.5, 0.6) is 0 Å². The van der Waals surface area contributed by atoms with E-state index in [1.54, 1.807) is 24.3 Å². The number of amides is 1. The lowest BCUT2D eigenvalue weighted by molar-refractivity contribution is -0.139. The van der Waals surface area contributed by atoms with Crippen LogP contribution in [0, 0.1) is 13.8 Å². The van der Waals surface area contributed by atoms with Crippen LogP contribution in [0.1, 0.15) is 29.0 Å². The third-order valence-corrected chi connectivity index (χ3v) is 5.26. The first-order valence-electron chi connectivity index (χ1n) is 10.0. The molecular formula is C25H23N3O3. The van der Waals surface area contributed by atoms with Crippen LogP contribution in [-0.4, -0.2) is 27.2 Å². The SMILES string of the molecule is Cc1cc(C)cc(-c2ccc3c(NC(=O)C(CC(=O)O)c4ccccc4)n[nH]c3c2)c1. The second-order valence-corrected chi connectivity index (χ2v) is 7.76. The number of hydrogen-bond donors (Lipinski definition) is 3. The summed E-state index contributed by atoms with van der Waals surface area (Å²) in [7, 11) is 0. The quantitative estimate of drug-likeness (QED) is 0.412. The third kappa shape index (κ3) is 4.48. The fourth-order valence-corrected chi connectivity index (χ4v) is 3.86. The number of benzene rings is 3. The number of hydrogen-bond acceptors (Lipinski definition) is 3. The first-order valence-corrected chi connectivity index (χ1v) is 10.0. The van der Waals surface area contributed by atoms with Crippen LogP contribution in [0.2, 0.25) is 0 Å². The minimum absolute atomic E-state index is 0.297. The summed E-state index contributed by atoms with van der Waals surface area (Å²) in [5.74, 6) is -1.85. The molecule has 0 bridgehead atoms. The van der Waals surface area contributed by atoms with Gasteiger partial charge in [0.05, 0.1) is 17.9 Å². The molecular weight excluding hydrogens is 390 g/mol. The minimum atomic E-state index is -1.03. The molecule has 3 aromatic carbocycles. The molecule has 4 aromatic rings. The number of fused-ring (bicyclic) bond motifs is 1. The molecule has 0 aliphatic heterocycles. The Labute approximate surface area is 179 Å². The highest BCUT2D eigenvalue weighted by Gasteiger charge is 2.25. The number of carbonyl (C=O) groups is 2. The summed E-state index contributed by atoms with van der Waals surface area (Å²) >= 11 is 0. The maximum absolute atomic E-state index is 12.9. The van der Waals surface area contributed by atoms with E-state index in [2.05, 4.69) is 47.6 Å². The number of aromatic amines is 1. The van der Waals surface area contributed by atoms with Crippen molar-refractivity contribution in [3.05, 3.63) is 83.4 Å². The lowest BCUT2D eigenvalue weighted by Crippen LogP contribution is -2.23. The van der Waals surface area contributed by atoms with Crippen LogP contribution in [0.15, 0.2) is 66.7 Å². The van der Waals surface area contributed by atoms with Gasteiger partial charge in [-0.25, -0.2) is 0 Å². The Morgan fingerprint density at radius 2 is 1.68 bits per heavy atom. The number of carbonyl (C=O) groups excluding carboxylic acids is 1. The Morgan fingerprint density at radius 1 is 0.968 bits per heavy atom. The average molecular weight is 413 g/mol. The van der Waals surface area contributed by atoms with Crippen molar-refractivity contribution >= 4 is 28.6 Å². The van der Waals surface area contributed by atoms with Gasteiger partial charge in [-0.2, -0.15) is 5.10 Å². The number of carboxylic acid groups (broad SMARTS) is 1. The number of rotatable bonds is 6. The highest BCUT2D eigenvalue weighted by Crippen LogP contribution is 2.29. The zero-order chi connectivity index (χ0) is 22.0. The molecule has 0 saturated heterocycles. The van der Waals surface area contributed by atoms with Crippen molar-refractivity contribution in [3.8, 4) is 11.1 Å². The first-order chi connectivity index (χ1) is 14.9. The molecule has 0 aliphatic rings. The molecule has 1 unspecified atom stereocenters. The van der Waals surface area contributed by atoms with E-state index in [0.29, 0.717) is 11.4 Å². The van der Waals surface area contributed by atoms with Gasteiger partial charge in [-0.15, -0.1) is 0 Å². The van der Waals surface area contributed by atoms with E-state index in [0.717, 1.165) is 22.0 Å². The summed E-state index contributed by atoms with van der Waals surface area (Å²) in [6.07, 6.45) is -0.297. The average Bonchev–Trinajstić information content (AvgIpc) is 3.13. The smallest absolute Gasteiger partial charge is 0.304 e. The molecule has 0 spiro atoms. The zero-order valence-corrected chi connectivity index (χ0v) is 17.3. The van der Waals surface area contributed by atoms with E-state index in [1.807, 2.05) is 24.3 Å². The molecule has 4 rings (SSSR count). The zero-order valence-electron chi connectivity index (χ0n) is 17.3. The second kappa shape index (κ2) is 8.44. The topological polar surface area (TPSA) is 95.1 Å². The van der Waals surface area contributed by atoms with E-state index < -0.39 is 17.8 Å². The third-order valence-electron chi connectivity index (χ3n) is 5.26. The number of aryl methyl sites for hydroxylation is 2. The van der Waals surface area contributed by atoms with E-state index in [4.69, 9.17) is 0 Å². The van der Waals surface area contributed by atoms with Crippen molar-refractivity contribution < 1.29 is 14.7 Å². The predicted octanol–water partition coefficient (Wildman–Crippen LogP) is 5.04. The summed E-state index contributed by atoms with van der Waals surface area (Å²) < 4.78 is 0. The van der Waals surface area contributed by atoms with Crippen LogP contribution in [0.25, 0.3) is 22.0 Å². The van der Waals surface area contributed by atoms with Gasteiger partial charge in [0.25, 0.3) is 0 Å². The number of carboxylic acids is 1. The molecule has 1 atom stereocenters. The monoisotopic (exact) mass is 413 g/mol. The number of H-pyrrole nitrogens is 1. The molecule has 1 heterocycles. The van der Waals surface area contributed by atoms with Gasteiger partial charge in [-0.1, -0.05) is 65.7 Å². The largest absolute Gasteiger partial charge is 0.481 e. The number of anilines is 1. The molecule has 31 heavy (non-hydrogen) atoms. The normalized spacial score (nSPS) is 11.9. The van der Waals surface area contributed by atoms with Gasteiger partial charge in [-0.05, 0) is 42.7 Å². The van der Waals surface area contributed by atoms with Crippen molar-refractivity contribution in [2.75, 3.05) is 5.32 Å². The highest BCUT2D eigenvalue weighted by atomic mass is 16.4. The maximum atomic E-state index is 12.9. The van der Waals surface area contributed by atoms with Gasteiger partial charge in [0.2, 0.25) is 5.91 Å². The van der Waals surface area contributed by atoms with Gasteiger partial charge in [-0.3, -0.25) is 14.7 Å². The molecule has 1 aromatic heterocycles. The summed E-state index contributed by atoms with van der Waals surface area (Å²) in [5, 5.41) is 20.1. The van der Waals surface area contributed by atoms with Crippen molar-refractivity contribution in [1.29, 1.82) is 0 Å². The van der Waals surface area contributed by atoms with Gasteiger partial charge in [0.1, 0.15) is 0 Å². The van der Waals surface area contributed by atoms with Crippen molar-refractivity contribution in [3.63, 3.8) is 0 Å². The van der Waals surface area contributed by atoms with Gasteiger partial charge < -0.3 is 10.4 Å². The molecule has 1 amide bonds. The van der Waals surface area contributed by atoms with Gasteiger partial charge >= 0.3 is 5.97 Å². The Hall–Kier alpha value is -3.93. The standard InChI is InChI=1S/C25H23N3O3/c1-15-10-16(2)12-19(11-15)18-8-9-20-22(13-18)27-28-24(20)26-25(31)21(14-23(29)30)17-6-4-3-5-7-17/h3-13,21H,14H2,1-2H3,(H,29,30)(H2,26,27,28,31). The minimum Gasteiger partial charge on any atom is -0.481 e. The summed E-state index contributed by atoms with van der Waals surface area (Å²) in [6.45, 7) is 4.14. The second-order valence-electron chi connectivity index (χ2n) is 7.76. The van der Waals surface area contributed by atoms with Gasteiger partial charge in [0.15, 0.2) is 5.82 Å². The Morgan fingerprint density at radius 3 is 2.35 bits per heavy atom. The van der Waals surface area contributed by atoms with E-state index in [1.165, 1.54) is 11.1 Å². The van der Waals surface area contributed by atoms with Crippen LogP contribution in [0.4, 0.5) is 5.82 Å². The Balaban J connectivity index is 1.62. The van der Waals surface area contributed by atoms with Crippen LogP contribution >= 0.6 is 0 Å². The molecule has 0 aliphatic carbocycles. The molecule has 6 heteroatoms. The van der Waals surface area contributed by atoms with E-state index in [-0.39, 0.29) is 6.42 Å². The van der Waals surface area contributed by atoms with Crippen LogP contribution in [0.3, 0.4) is 0 Å². The number of nitrogens with zero attached hydrogens (tertiary/aromatic N) is 1. The Bertz CT molecular complexity index is 1240. The van der Waals surface area contributed by atoms with E-state index >= 15 is 0 Å². The fourth-order valence-electron chi connectivity index (χ4n) is 3.86. The highest BCUT2D eigenvalue weighted by molar-refractivity contribution is 6.03. The summed E-state index contributed by atoms with van der Waals surface area (Å²) in [6, 6.07) is 21.2. The molecule has 0 fully saturated rings. The number of aromatic nitrogens is 2. The molecule has 3 N–H and O–H groups in total. The predicted molar refractivity (Wildman–Crippen MR) is 121 cm³/mol. The molecule has 0 radical (unpaired) electrons. The molecule has 6 nitrogen and oxygen atoms in total. The van der Waals surface area contributed by atoms with Crippen LogP contribution in [-0.2, 0) is 9.59 Å². The number of nitrogens with one attached hydrogen (secondary N) is 2. The Kier molecular flexibility index (Phi) is 5.54. The fraction of sp³-hybridized carbons (Fsp3) is 0.160. The van der Waals surface area contributed by atoms with Crippen molar-refractivity contribution in [2.24, 2.45) is 0 Å². The van der Waals surface area contributed by atoms with Crippen molar-refractivity contribution in [2.45, 2.75) is 26.2 Å². The van der Waals surface area contributed by atoms with E-state index in [9.17, 15) is 14.7 Å². The maximum Gasteiger partial charge on any atom is 0.304 e. The van der Waals surface area contributed by atoms with Crippen molar-refractivity contribution in [1.82, 2.24) is 10.2 Å². The summed E-state index contributed by atoms with van der Waals surface area (Å²) in [4.78, 5) is 24.2. The lowest BCUT2D eigenvalue weighted by Gasteiger charge is -2.14. The molecule has 0 saturated carbocycles. The summed E-state index contributed by atoms with van der Waals surface area (Å²) in [5.41, 5.74) is 6.00. The molecule has 156 valence electrons. The first kappa shape index (κ1) is 20.3. The van der Waals surface area contributed by atoms with Gasteiger partial charge in [0, 0.05) is 5.39 Å². The number of aliphatic carboxylic acids is 1. The lowest BCUT2D eigenvalue weighted by atomic mass is 9.95.